The van der Waals surface area contributed by atoms with Crippen molar-refractivity contribution in [3.8, 4) is 5.75 Å². The molecule has 0 unspecified atom stereocenters. The van der Waals surface area contributed by atoms with E-state index in [9.17, 15) is 4.79 Å². The number of hydrogen-bond donors (Lipinski definition) is 1. The van der Waals surface area contributed by atoms with Crippen LogP contribution in [0.1, 0.15) is 17.4 Å². The zero-order valence-corrected chi connectivity index (χ0v) is 13.2. The monoisotopic (exact) mass is 295 g/mol. The van der Waals surface area contributed by atoms with Crippen molar-refractivity contribution in [1.82, 2.24) is 4.90 Å². The molecule has 0 radical (unpaired) electrons. The maximum atomic E-state index is 12.0. The normalized spacial score (nSPS) is 18.9. The quantitative estimate of drug-likeness (QED) is 0.843. The first-order valence-corrected chi connectivity index (χ1v) is 8.00. The molecule has 1 fully saturated rings. The van der Waals surface area contributed by atoms with E-state index in [1.807, 2.05) is 17.0 Å². The van der Waals surface area contributed by atoms with Gasteiger partial charge in [-0.25, -0.2) is 0 Å². The van der Waals surface area contributed by atoms with Gasteiger partial charge in [0.2, 0.25) is 5.91 Å². The van der Waals surface area contributed by atoms with Gasteiger partial charge in [0.15, 0.2) is 0 Å². The molecule has 1 saturated heterocycles. The molecule has 0 bridgehead atoms. The summed E-state index contributed by atoms with van der Waals surface area (Å²) in [5.74, 6) is 1.70. The number of carbonyl (C=O) groups excluding carboxylic acids is 1. The van der Waals surface area contributed by atoms with Crippen molar-refractivity contribution < 1.29 is 14.4 Å². The second-order valence-corrected chi connectivity index (χ2v) is 6.40. The van der Waals surface area contributed by atoms with E-state index >= 15 is 0 Å². The Morgan fingerprint density at radius 2 is 2.05 bits per heavy atom. The molecule has 1 N–H and O–H groups in total. The summed E-state index contributed by atoms with van der Waals surface area (Å²) >= 11 is 1.71. The van der Waals surface area contributed by atoms with Crippen LogP contribution in [-0.4, -0.2) is 50.9 Å². The van der Waals surface area contributed by atoms with Crippen molar-refractivity contribution in [3.05, 3.63) is 29.8 Å². The van der Waals surface area contributed by atoms with E-state index in [1.165, 1.54) is 10.5 Å². The standard InChI is InChI=1S/C15H22N2O2S/c1-16(2)9-4-10-17-14(18)11-20-15(17)12-5-7-13(19-3)8-6-12/h5-8,15H,4,9-11H2,1-3H3/p+1/t15-/m1/s1. The smallest absolute Gasteiger partial charge is 0.233 e. The van der Waals surface area contributed by atoms with Gasteiger partial charge in [-0.05, 0) is 17.7 Å². The van der Waals surface area contributed by atoms with Crippen LogP contribution in [0.4, 0.5) is 0 Å². The Kier molecular flexibility index (Phi) is 5.31. The van der Waals surface area contributed by atoms with E-state index in [4.69, 9.17) is 4.74 Å². The number of benzene rings is 1. The number of ether oxygens (including phenoxy) is 1. The van der Waals surface area contributed by atoms with Gasteiger partial charge in [-0.1, -0.05) is 12.1 Å². The topological polar surface area (TPSA) is 34.0 Å². The lowest BCUT2D eigenvalue weighted by Crippen LogP contribution is -3.05. The number of nitrogens with one attached hydrogen (secondary N) is 1. The van der Waals surface area contributed by atoms with Crippen LogP contribution in [-0.2, 0) is 4.79 Å². The van der Waals surface area contributed by atoms with E-state index in [0.29, 0.717) is 5.75 Å². The maximum absolute atomic E-state index is 12.0. The highest BCUT2D eigenvalue weighted by Crippen LogP contribution is 2.38. The van der Waals surface area contributed by atoms with Gasteiger partial charge in [0.05, 0.1) is 33.5 Å². The van der Waals surface area contributed by atoms with Crippen LogP contribution in [0.5, 0.6) is 5.75 Å². The van der Waals surface area contributed by atoms with Crippen LogP contribution in [0, 0.1) is 0 Å². The molecule has 2 rings (SSSR count). The Labute approximate surface area is 125 Å². The van der Waals surface area contributed by atoms with Crippen LogP contribution < -0.4 is 9.64 Å². The summed E-state index contributed by atoms with van der Waals surface area (Å²) < 4.78 is 5.18. The van der Waals surface area contributed by atoms with Gasteiger partial charge in [0, 0.05) is 13.0 Å². The number of hydrogen-bond acceptors (Lipinski definition) is 3. The fourth-order valence-corrected chi connectivity index (χ4v) is 3.56. The number of quaternary nitrogens is 1. The molecule has 1 heterocycles. The summed E-state index contributed by atoms with van der Waals surface area (Å²) in [6.45, 7) is 1.93. The number of amides is 1. The highest BCUT2D eigenvalue weighted by atomic mass is 32.2. The lowest BCUT2D eigenvalue weighted by molar-refractivity contribution is -0.858. The minimum Gasteiger partial charge on any atom is -0.497 e. The molecular formula is C15H23N2O2S+. The number of methoxy groups -OCH3 is 1. The van der Waals surface area contributed by atoms with Gasteiger partial charge in [-0.2, -0.15) is 0 Å². The van der Waals surface area contributed by atoms with Crippen molar-refractivity contribution >= 4 is 17.7 Å². The molecule has 4 nitrogen and oxygen atoms in total. The van der Waals surface area contributed by atoms with E-state index in [2.05, 4.69) is 26.2 Å². The lowest BCUT2D eigenvalue weighted by Gasteiger charge is -2.24. The van der Waals surface area contributed by atoms with Gasteiger partial charge in [0.25, 0.3) is 0 Å². The highest BCUT2D eigenvalue weighted by molar-refractivity contribution is 8.00. The minimum absolute atomic E-state index is 0.158. The van der Waals surface area contributed by atoms with Crippen molar-refractivity contribution in [1.29, 1.82) is 0 Å². The lowest BCUT2D eigenvalue weighted by atomic mass is 10.2. The Balaban J connectivity index is 2.02. The average molecular weight is 295 g/mol. The summed E-state index contributed by atoms with van der Waals surface area (Å²) in [6, 6.07) is 8.03. The highest BCUT2D eigenvalue weighted by Gasteiger charge is 2.32. The molecule has 1 aliphatic heterocycles. The van der Waals surface area contributed by atoms with Crippen LogP contribution in [0.25, 0.3) is 0 Å². The van der Waals surface area contributed by atoms with Crippen LogP contribution in [0.2, 0.25) is 0 Å². The predicted octanol–water partition coefficient (Wildman–Crippen LogP) is 0.804. The Hall–Kier alpha value is -1.20. The summed E-state index contributed by atoms with van der Waals surface area (Å²) in [4.78, 5) is 15.5. The minimum atomic E-state index is 0.158. The van der Waals surface area contributed by atoms with Crippen molar-refractivity contribution in [2.24, 2.45) is 0 Å². The maximum Gasteiger partial charge on any atom is 0.233 e. The van der Waals surface area contributed by atoms with Crippen LogP contribution >= 0.6 is 11.8 Å². The largest absolute Gasteiger partial charge is 0.497 e. The first-order chi connectivity index (χ1) is 9.61. The van der Waals surface area contributed by atoms with Crippen LogP contribution in [0.15, 0.2) is 24.3 Å². The van der Waals surface area contributed by atoms with Gasteiger partial charge in [-0.15, -0.1) is 11.8 Å². The first kappa shape index (κ1) is 15.2. The molecular weight excluding hydrogens is 272 g/mol. The molecule has 0 aliphatic carbocycles. The fourth-order valence-electron chi connectivity index (χ4n) is 2.34. The zero-order chi connectivity index (χ0) is 14.5. The summed E-state index contributed by atoms with van der Waals surface area (Å²) in [7, 11) is 5.95. The van der Waals surface area contributed by atoms with E-state index in [0.717, 1.165) is 25.3 Å². The average Bonchev–Trinajstić information content (AvgIpc) is 2.80. The van der Waals surface area contributed by atoms with E-state index < -0.39 is 0 Å². The van der Waals surface area contributed by atoms with Crippen molar-refractivity contribution in [3.63, 3.8) is 0 Å². The molecule has 0 saturated carbocycles. The van der Waals surface area contributed by atoms with Gasteiger partial charge in [0.1, 0.15) is 11.1 Å². The number of rotatable bonds is 6. The molecule has 5 heteroatoms. The molecule has 1 aromatic rings. The zero-order valence-electron chi connectivity index (χ0n) is 12.4. The molecule has 0 aromatic heterocycles. The molecule has 0 spiro atoms. The predicted molar refractivity (Wildman–Crippen MR) is 82.2 cm³/mol. The third-order valence-corrected chi connectivity index (χ3v) is 4.70. The second-order valence-electron chi connectivity index (χ2n) is 5.33. The van der Waals surface area contributed by atoms with E-state index in [1.54, 1.807) is 18.9 Å². The molecule has 20 heavy (non-hydrogen) atoms. The molecule has 1 aliphatic rings. The molecule has 1 atom stereocenters. The SMILES string of the molecule is COc1ccc([C@H]2SCC(=O)N2CCC[NH+](C)C)cc1. The summed E-state index contributed by atoms with van der Waals surface area (Å²) in [5, 5.41) is 0.158. The molecule has 110 valence electrons. The Morgan fingerprint density at radius 3 is 2.65 bits per heavy atom. The number of nitrogens with zero attached hydrogens (tertiary/aromatic N) is 1. The summed E-state index contributed by atoms with van der Waals surface area (Å²) in [6.07, 6.45) is 1.04. The number of thioether (sulfide) groups is 1. The second kappa shape index (κ2) is 6.99. The van der Waals surface area contributed by atoms with Gasteiger partial charge < -0.3 is 14.5 Å². The van der Waals surface area contributed by atoms with E-state index in [-0.39, 0.29) is 11.3 Å². The third-order valence-electron chi connectivity index (χ3n) is 3.44. The Morgan fingerprint density at radius 1 is 1.35 bits per heavy atom. The van der Waals surface area contributed by atoms with Gasteiger partial charge in [-0.3, -0.25) is 4.79 Å². The first-order valence-electron chi connectivity index (χ1n) is 6.96. The molecule has 1 aromatic carbocycles. The van der Waals surface area contributed by atoms with Crippen LogP contribution in [0.3, 0.4) is 0 Å². The van der Waals surface area contributed by atoms with Crippen molar-refractivity contribution in [2.75, 3.05) is 40.0 Å². The fraction of sp³-hybridized carbons (Fsp3) is 0.533. The Bertz CT molecular complexity index is 448. The van der Waals surface area contributed by atoms with Gasteiger partial charge >= 0.3 is 0 Å². The third kappa shape index (κ3) is 3.67. The summed E-state index contributed by atoms with van der Waals surface area (Å²) in [5.41, 5.74) is 1.18. The molecule has 1 amide bonds. The number of carbonyl (C=O) groups is 1. The van der Waals surface area contributed by atoms with Crippen molar-refractivity contribution in [2.45, 2.75) is 11.8 Å².